The Labute approximate surface area is 142 Å². The number of amides is 2. The molecule has 0 radical (unpaired) electrons. The molecular formula is C16H14ClN5O2. The van der Waals surface area contributed by atoms with Gasteiger partial charge in [-0.05, 0) is 25.1 Å². The zero-order valence-corrected chi connectivity index (χ0v) is 13.5. The molecule has 1 unspecified atom stereocenters. The van der Waals surface area contributed by atoms with Crippen molar-refractivity contribution >= 4 is 40.0 Å². The summed E-state index contributed by atoms with van der Waals surface area (Å²) >= 11 is 5.69. The molecule has 122 valence electrons. The number of rotatable bonds is 4. The molecule has 0 aliphatic heterocycles. The van der Waals surface area contributed by atoms with Crippen molar-refractivity contribution in [3.63, 3.8) is 0 Å². The van der Waals surface area contributed by atoms with Crippen LogP contribution in [0.15, 0.2) is 42.6 Å². The molecule has 3 N–H and O–H groups in total. The summed E-state index contributed by atoms with van der Waals surface area (Å²) in [7, 11) is 0. The smallest absolute Gasteiger partial charge is 0.273 e. The van der Waals surface area contributed by atoms with Crippen LogP contribution in [0.25, 0.3) is 10.9 Å². The Morgan fingerprint density at radius 1 is 1.21 bits per heavy atom. The number of fused-ring (bicyclic) bond motifs is 1. The van der Waals surface area contributed by atoms with Gasteiger partial charge in [-0.3, -0.25) is 14.7 Å². The molecule has 3 aromatic rings. The van der Waals surface area contributed by atoms with Crippen LogP contribution >= 0.6 is 11.6 Å². The van der Waals surface area contributed by atoms with Gasteiger partial charge in [0.25, 0.3) is 5.91 Å². The third kappa shape index (κ3) is 3.36. The number of halogens is 1. The van der Waals surface area contributed by atoms with E-state index in [0.717, 1.165) is 5.52 Å². The minimum atomic E-state index is -0.747. The number of aromatic amines is 1. The molecule has 1 atom stereocenters. The summed E-state index contributed by atoms with van der Waals surface area (Å²) in [5, 5.41) is 13.1. The van der Waals surface area contributed by atoms with Gasteiger partial charge >= 0.3 is 0 Å². The second-order valence-corrected chi connectivity index (χ2v) is 5.56. The molecule has 8 heteroatoms. The van der Waals surface area contributed by atoms with Gasteiger partial charge in [-0.25, -0.2) is 4.98 Å². The summed E-state index contributed by atoms with van der Waals surface area (Å²) in [6, 6.07) is 9.72. The molecule has 0 saturated heterocycles. The summed E-state index contributed by atoms with van der Waals surface area (Å²) in [6.45, 7) is 1.59. The second kappa shape index (κ2) is 6.67. The molecule has 0 aliphatic carbocycles. The quantitative estimate of drug-likeness (QED) is 0.633. The molecule has 0 fully saturated rings. The maximum Gasteiger partial charge on any atom is 0.273 e. The molecule has 2 amide bonds. The number of para-hydroxylation sites is 1. The van der Waals surface area contributed by atoms with E-state index in [9.17, 15) is 9.59 Å². The largest absolute Gasteiger partial charge is 0.339 e. The van der Waals surface area contributed by atoms with Crippen LogP contribution in [0.2, 0.25) is 5.15 Å². The lowest BCUT2D eigenvalue weighted by atomic mass is 10.2. The van der Waals surface area contributed by atoms with Gasteiger partial charge in [0.05, 0.1) is 17.4 Å². The minimum absolute atomic E-state index is 0.249. The molecule has 2 aromatic heterocycles. The maximum absolute atomic E-state index is 12.3. The van der Waals surface area contributed by atoms with E-state index in [1.54, 1.807) is 25.1 Å². The van der Waals surface area contributed by atoms with Gasteiger partial charge in [0.2, 0.25) is 5.91 Å². The summed E-state index contributed by atoms with van der Waals surface area (Å²) in [5.74, 6) is -0.795. The Morgan fingerprint density at radius 2 is 2.00 bits per heavy atom. The van der Waals surface area contributed by atoms with Crippen LogP contribution in [-0.2, 0) is 4.79 Å². The van der Waals surface area contributed by atoms with Crippen molar-refractivity contribution < 1.29 is 9.59 Å². The van der Waals surface area contributed by atoms with Crippen molar-refractivity contribution in [3.05, 3.63) is 53.4 Å². The Balaban J connectivity index is 1.67. The van der Waals surface area contributed by atoms with Crippen molar-refractivity contribution in [2.24, 2.45) is 0 Å². The summed E-state index contributed by atoms with van der Waals surface area (Å²) in [6.07, 6.45) is 1.44. The zero-order valence-electron chi connectivity index (χ0n) is 12.7. The second-order valence-electron chi connectivity index (χ2n) is 5.17. The topological polar surface area (TPSA) is 99.8 Å². The fourth-order valence-electron chi connectivity index (χ4n) is 2.17. The number of hydrogen-bond acceptors (Lipinski definition) is 4. The van der Waals surface area contributed by atoms with E-state index >= 15 is 0 Å². The SMILES string of the molecule is CC(NC(=O)c1n[nH]c2ccccc12)C(=O)Nc1ccc(Cl)nc1. The molecule has 0 spiro atoms. The van der Waals surface area contributed by atoms with Gasteiger partial charge in [-0.15, -0.1) is 0 Å². The highest BCUT2D eigenvalue weighted by atomic mass is 35.5. The Hall–Kier alpha value is -2.93. The van der Waals surface area contributed by atoms with E-state index < -0.39 is 11.9 Å². The lowest BCUT2D eigenvalue weighted by Crippen LogP contribution is -2.41. The molecule has 3 rings (SSSR count). The first-order chi connectivity index (χ1) is 11.5. The monoisotopic (exact) mass is 343 g/mol. The summed E-state index contributed by atoms with van der Waals surface area (Å²) in [4.78, 5) is 28.4. The molecule has 1 aromatic carbocycles. The highest BCUT2D eigenvalue weighted by Gasteiger charge is 2.20. The van der Waals surface area contributed by atoms with Gasteiger partial charge in [0, 0.05) is 5.39 Å². The average molecular weight is 344 g/mol. The number of benzene rings is 1. The van der Waals surface area contributed by atoms with Gasteiger partial charge in [0.15, 0.2) is 5.69 Å². The highest BCUT2D eigenvalue weighted by Crippen LogP contribution is 2.15. The number of anilines is 1. The predicted molar refractivity (Wildman–Crippen MR) is 90.9 cm³/mol. The van der Waals surface area contributed by atoms with Crippen molar-refractivity contribution in [3.8, 4) is 0 Å². The fraction of sp³-hybridized carbons (Fsp3) is 0.125. The third-order valence-electron chi connectivity index (χ3n) is 3.42. The highest BCUT2D eigenvalue weighted by molar-refractivity contribution is 6.29. The maximum atomic E-state index is 12.3. The van der Waals surface area contributed by atoms with Crippen LogP contribution < -0.4 is 10.6 Å². The first-order valence-corrected chi connectivity index (χ1v) is 7.59. The lowest BCUT2D eigenvalue weighted by molar-refractivity contribution is -0.117. The minimum Gasteiger partial charge on any atom is -0.339 e. The van der Waals surface area contributed by atoms with E-state index in [-0.39, 0.29) is 11.6 Å². The normalized spacial score (nSPS) is 11.9. The number of nitrogens with one attached hydrogen (secondary N) is 3. The lowest BCUT2D eigenvalue weighted by Gasteiger charge is -2.13. The van der Waals surface area contributed by atoms with Crippen LogP contribution in [0.3, 0.4) is 0 Å². The van der Waals surface area contributed by atoms with E-state index in [2.05, 4.69) is 25.8 Å². The van der Waals surface area contributed by atoms with Gasteiger partial charge in [-0.2, -0.15) is 5.10 Å². The van der Waals surface area contributed by atoms with Crippen molar-refractivity contribution in [1.29, 1.82) is 0 Å². The molecular weight excluding hydrogens is 330 g/mol. The fourth-order valence-corrected chi connectivity index (χ4v) is 2.28. The van der Waals surface area contributed by atoms with Crippen LogP contribution in [0, 0.1) is 0 Å². The molecule has 2 heterocycles. The number of aromatic nitrogens is 3. The summed E-state index contributed by atoms with van der Waals surface area (Å²) < 4.78 is 0. The van der Waals surface area contributed by atoms with Gasteiger partial charge < -0.3 is 10.6 Å². The first-order valence-electron chi connectivity index (χ1n) is 7.21. The number of carbonyl (C=O) groups excluding carboxylic acids is 2. The van der Waals surface area contributed by atoms with Gasteiger partial charge in [0.1, 0.15) is 11.2 Å². The average Bonchev–Trinajstić information content (AvgIpc) is 3.01. The third-order valence-corrected chi connectivity index (χ3v) is 3.64. The number of H-pyrrole nitrogens is 1. The zero-order chi connectivity index (χ0) is 17.1. The predicted octanol–water partition coefficient (Wildman–Crippen LogP) is 2.37. The van der Waals surface area contributed by atoms with Crippen LogP contribution in [-0.4, -0.2) is 33.0 Å². The van der Waals surface area contributed by atoms with E-state index in [1.807, 2.05) is 18.2 Å². The van der Waals surface area contributed by atoms with E-state index in [0.29, 0.717) is 16.2 Å². The van der Waals surface area contributed by atoms with E-state index in [4.69, 9.17) is 11.6 Å². The van der Waals surface area contributed by atoms with Crippen LogP contribution in [0.5, 0.6) is 0 Å². The molecule has 0 bridgehead atoms. The number of hydrogen-bond donors (Lipinski definition) is 3. The van der Waals surface area contributed by atoms with Gasteiger partial charge in [-0.1, -0.05) is 29.8 Å². The first kappa shape index (κ1) is 15.9. The molecule has 24 heavy (non-hydrogen) atoms. The summed E-state index contributed by atoms with van der Waals surface area (Å²) in [5.41, 5.74) is 1.50. The Morgan fingerprint density at radius 3 is 2.75 bits per heavy atom. The van der Waals surface area contributed by atoms with E-state index in [1.165, 1.54) is 6.20 Å². The Bertz CT molecular complexity index is 891. The Kier molecular flexibility index (Phi) is 4.43. The van der Waals surface area contributed by atoms with Crippen molar-refractivity contribution in [2.45, 2.75) is 13.0 Å². The molecule has 0 aliphatic rings. The molecule has 7 nitrogen and oxygen atoms in total. The van der Waals surface area contributed by atoms with Crippen molar-refractivity contribution in [2.75, 3.05) is 5.32 Å². The number of carbonyl (C=O) groups is 2. The number of nitrogens with zero attached hydrogens (tertiary/aromatic N) is 2. The van der Waals surface area contributed by atoms with Crippen LogP contribution in [0.4, 0.5) is 5.69 Å². The molecule has 0 saturated carbocycles. The standard InChI is InChI=1S/C16H14ClN5O2/c1-9(15(23)20-10-6-7-13(17)18-8-10)19-16(24)14-11-4-2-3-5-12(11)21-22-14/h2-9H,1H3,(H,19,24)(H,20,23)(H,21,22). The van der Waals surface area contributed by atoms with Crippen molar-refractivity contribution in [1.82, 2.24) is 20.5 Å². The number of pyridine rings is 1. The van der Waals surface area contributed by atoms with Crippen LogP contribution in [0.1, 0.15) is 17.4 Å².